The van der Waals surface area contributed by atoms with Crippen LogP contribution in [0.4, 0.5) is 32.8 Å². The second-order valence-corrected chi connectivity index (χ2v) is 8.81. The van der Waals surface area contributed by atoms with Crippen LogP contribution in [-0.2, 0) is 0 Å². The van der Waals surface area contributed by atoms with Gasteiger partial charge in [-0.2, -0.15) is 0 Å². The van der Waals surface area contributed by atoms with Crippen molar-refractivity contribution in [3.8, 4) is 11.1 Å². The lowest BCUT2D eigenvalue weighted by Gasteiger charge is -2.29. The molecule has 2 heterocycles. The zero-order valence-electron chi connectivity index (χ0n) is 19.2. The van der Waals surface area contributed by atoms with Crippen molar-refractivity contribution in [1.29, 1.82) is 0 Å². The third-order valence-electron chi connectivity index (χ3n) is 6.62. The maximum absolute atomic E-state index is 14.3. The van der Waals surface area contributed by atoms with E-state index >= 15 is 0 Å². The van der Waals surface area contributed by atoms with E-state index in [0.717, 1.165) is 37.3 Å². The van der Waals surface area contributed by atoms with Gasteiger partial charge in [-0.05, 0) is 59.7 Å². The highest BCUT2D eigenvalue weighted by molar-refractivity contribution is 6.17. The first-order valence-corrected chi connectivity index (χ1v) is 11.8. The monoisotopic (exact) mass is 464 g/mol. The molecule has 0 atom stereocenters. The van der Waals surface area contributed by atoms with E-state index < -0.39 is 5.82 Å². The summed E-state index contributed by atoms with van der Waals surface area (Å²) in [5.41, 5.74) is 6.28. The molecule has 0 saturated carbocycles. The molecule has 6 rings (SSSR count). The molecule has 4 aromatic carbocycles. The molecule has 0 spiro atoms. The fourth-order valence-electron chi connectivity index (χ4n) is 4.80. The van der Waals surface area contributed by atoms with Crippen LogP contribution in [0, 0.1) is 5.82 Å². The van der Waals surface area contributed by atoms with Gasteiger partial charge in [-0.25, -0.2) is 4.39 Å². The number of amides is 1. The molecule has 5 nitrogen and oxygen atoms in total. The molecule has 1 fully saturated rings. The van der Waals surface area contributed by atoms with E-state index in [4.69, 9.17) is 0 Å². The molecular formula is C29H25FN4O. The molecule has 0 aliphatic carbocycles. The number of carbonyl (C=O) groups excluding carboxylic acids is 1. The first-order valence-electron chi connectivity index (χ1n) is 11.8. The Labute approximate surface area is 203 Å². The predicted molar refractivity (Wildman–Crippen MR) is 140 cm³/mol. The second kappa shape index (κ2) is 8.89. The van der Waals surface area contributed by atoms with Crippen molar-refractivity contribution in [2.75, 3.05) is 41.3 Å². The Kier molecular flexibility index (Phi) is 5.43. The van der Waals surface area contributed by atoms with Crippen LogP contribution in [0.15, 0.2) is 91.0 Å². The fraction of sp³-hybridized carbons (Fsp3) is 0.138. The van der Waals surface area contributed by atoms with Gasteiger partial charge < -0.3 is 15.5 Å². The van der Waals surface area contributed by atoms with E-state index in [0.29, 0.717) is 28.3 Å². The Morgan fingerprint density at radius 1 is 0.714 bits per heavy atom. The number of carbonyl (C=O) groups is 1. The number of hydrogen-bond donors (Lipinski definition) is 2. The van der Waals surface area contributed by atoms with Crippen LogP contribution < -0.4 is 20.4 Å². The summed E-state index contributed by atoms with van der Waals surface area (Å²) in [5, 5.41) is 6.73. The number of rotatable bonds is 3. The topological polar surface area (TPSA) is 47.6 Å². The summed E-state index contributed by atoms with van der Waals surface area (Å²) in [4.78, 5) is 17.9. The number of para-hydroxylation sites is 1. The average Bonchev–Trinajstić information content (AvgIpc) is 3.03. The molecule has 1 saturated heterocycles. The van der Waals surface area contributed by atoms with Gasteiger partial charge in [-0.15, -0.1) is 0 Å². The van der Waals surface area contributed by atoms with Crippen LogP contribution in [0.2, 0.25) is 0 Å². The van der Waals surface area contributed by atoms with E-state index in [-0.39, 0.29) is 5.91 Å². The third kappa shape index (κ3) is 4.02. The van der Waals surface area contributed by atoms with Crippen molar-refractivity contribution in [2.24, 2.45) is 0 Å². The highest BCUT2D eigenvalue weighted by Crippen LogP contribution is 2.41. The summed E-state index contributed by atoms with van der Waals surface area (Å²) >= 11 is 0. The van der Waals surface area contributed by atoms with Gasteiger partial charge in [0, 0.05) is 43.6 Å². The molecular weight excluding hydrogens is 439 g/mol. The number of benzene rings is 4. The van der Waals surface area contributed by atoms with Gasteiger partial charge in [-0.1, -0.05) is 36.4 Å². The maximum atomic E-state index is 14.3. The lowest BCUT2D eigenvalue weighted by Crippen LogP contribution is -2.43. The molecule has 6 heteroatoms. The zero-order valence-corrected chi connectivity index (χ0v) is 19.2. The lowest BCUT2D eigenvalue weighted by atomic mass is 10.0. The van der Waals surface area contributed by atoms with Gasteiger partial charge in [0.1, 0.15) is 5.82 Å². The minimum absolute atomic E-state index is 0.206. The Hall–Kier alpha value is -4.16. The molecule has 1 amide bonds. The van der Waals surface area contributed by atoms with E-state index in [2.05, 4.69) is 39.8 Å². The summed E-state index contributed by atoms with van der Waals surface area (Å²) < 4.78 is 14.3. The van der Waals surface area contributed by atoms with Crippen LogP contribution in [-0.4, -0.2) is 32.1 Å². The zero-order chi connectivity index (χ0) is 23.8. The normalized spacial score (nSPS) is 15.2. The van der Waals surface area contributed by atoms with Gasteiger partial charge in [0.25, 0.3) is 5.91 Å². The van der Waals surface area contributed by atoms with Crippen molar-refractivity contribution >= 4 is 34.3 Å². The maximum Gasteiger partial charge on any atom is 0.265 e. The quantitative estimate of drug-likeness (QED) is 0.394. The minimum Gasteiger partial charge on any atom is -0.369 e. The molecule has 0 bridgehead atoms. The molecule has 0 aromatic heterocycles. The van der Waals surface area contributed by atoms with Gasteiger partial charge in [0.2, 0.25) is 0 Å². The number of nitrogens with one attached hydrogen (secondary N) is 2. The highest BCUT2D eigenvalue weighted by atomic mass is 19.1. The van der Waals surface area contributed by atoms with Gasteiger partial charge in [0.05, 0.1) is 22.6 Å². The van der Waals surface area contributed by atoms with Crippen molar-refractivity contribution in [2.45, 2.75) is 0 Å². The predicted octanol–water partition coefficient (Wildman–Crippen LogP) is 5.94. The second-order valence-electron chi connectivity index (χ2n) is 8.81. The summed E-state index contributed by atoms with van der Waals surface area (Å²) in [7, 11) is 0. The number of halogens is 1. The Balaban J connectivity index is 1.40. The largest absolute Gasteiger partial charge is 0.369 e. The van der Waals surface area contributed by atoms with Crippen molar-refractivity contribution in [3.63, 3.8) is 0 Å². The Morgan fingerprint density at radius 3 is 2.20 bits per heavy atom. The van der Waals surface area contributed by atoms with Gasteiger partial charge in [-0.3, -0.25) is 9.69 Å². The van der Waals surface area contributed by atoms with Crippen LogP contribution in [0.1, 0.15) is 10.4 Å². The number of anilines is 5. The number of piperazine rings is 1. The van der Waals surface area contributed by atoms with Crippen LogP contribution in [0.3, 0.4) is 0 Å². The van der Waals surface area contributed by atoms with Crippen LogP contribution in [0.25, 0.3) is 11.1 Å². The number of fused-ring (bicyclic) bond motifs is 2. The van der Waals surface area contributed by atoms with Crippen LogP contribution in [0.5, 0.6) is 0 Å². The van der Waals surface area contributed by atoms with Crippen molar-refractivity contribution in [3.05, 3.63) is 102 Å². The summed E-state index contributed by atoms with van der Waals surface area (Å²) in [6, 6.07) is 28.2. The van der Waals surface area contributed by atoms with E-state index in [1.807, 2.05) is 48.5 Å². The van der Waals surface area contributed by atoms with Crippen molar-refractivity contribution < 1.29 is 9.18 Å². The first-order chi connectivity index (χ1) is 17.2. The molecule has 174 valence electrons. The van der Waals surface area contributed by atoms with Crippen LogP contribution >= 0.6 is 0 Å². The summed E-state index contributed by atoms with van der Waals surface area (Å²) in [6.45, 7) is 3.97. The molecule has 35 heavy (non-hydrogen) atoms. The average molecular weight is 465 g/mol. The molecule has 2 aliphatic heterocycles. The highest BCUT2D eigenvalue weighted by Gasteiger charge is 2.29. The Morgan fingerprint density at radius 2 is 1.43 bits per heavy atom. The SMILES string of the molecule is O=C1c2cc(-c3ccc(N4CCNCC4)cc3)ccc2Nc2ccc(F)cc2N1c1ccccc1. The third-order valence-corrected chi connectivity index (χ3v) is 6.62. The molecule has 0 radical (unpaired) electrons. The number of nitrogens with zero attached hydrogens (tertiary/aromatic N) is 2. The molecule has 2 aliphatic rings. The smallest absolute Gasteiger partial charge is 0.265 e. The standard InChI is InChI=1S/C29H25FN4O/c30-22-9-13-27-28(19-22)34(24-4-2-1-3-5-24)29(35)25-18-21(8-12-26(25)32-27)20-6-10-23(11-7-20)33-16-14-31-15-17-33/h1-13,18-19,31-32H,14-17H2. The fourth-order valence-corrected chi connectivity index (χ4v) is 4.80. The Bertz CT molecular complexity index is 1380. The van der Waals surface area contributed by atoms with E-state index in [9.17, 15) is 9.18 Å². The lowest BCUT2D eigenvalue weighted by molar-refractivity contribution is 0.100. The van der Waals surface area contributed by atoms with E-state index in [1.165, 1.54) is 17.8 Å². The van der Waals surface area contributed by atoms with Crippen molar-refractivity contribution in [1.82, 2.24) is 5.32 Å². The molecule has 2 N–H and O–H groups in total. The first kappa shape index (κ1) is 21.4. The van der Waals surface area contributed by atoms with Gasteiger partial charge >= 0.3 is 0 Å². The van der Waals surface area contributed by atoms with E-state index in [1.54, 1.807) is 11.0 Å². The summed E-state index contributed by atoms with van der Waals surface area (Å²) in [5.74, 6) is -0.599. The molecule has 4 aromatic rings. The van der Waals surface area contributed by atoms with Gasteiger partial charge in [0.15, 0.2) is 0 Å². The summed E-state index contributed by atoms with van der Waals surface area (Å²) in [6.07, 6.45) is 0. The molecule has 0 unspecified atom stereocenters. The minimum atomic E-state index is -0.393. The number of hydrogen-bond acceptors (Lipinski definition) is 4.